The molecule has 0 radical (unpaired) electrons. The fraction of sp³-hybridized carbons (Fsp3) is 0.400. The van der Waals surface area contributed by atoms with Crippen molar-refractivity contribution >= 4 is 24.5 Å². The minimum atomic E-state index is -2.55. The predicted octanol–water partition coefficient (Wildman–Crippen LogP) is 5.27. The van der Waals surface area contributed by atoms with Gasteiger partial charge >= 0.3 is 0 Å². The van der Waals surface area contributed by atoms with E-state index in [4.69, 9.17) is 4.43 Å². The Kier molecular flexibility index (Phi) is 7.96. The third-order valence-corrected chi connectivity index (χ3v) is 10.2. The average molecular weight is 395 g/mol. The van der Waals surface area contributed by atoms with Crippen molar-refractivity contribution in [3.63, 3.8) is 0 Å². The van der Waals surface area contributed by atoms with E-state index in [0.29, 0.717) is 0 Å². The Bertz CT molecular complexity index is 721. The van der Waals surface area contributed by atoms with E-state index in [0.717, 1.165) is 19.3 Å². The minimum absolute atomic E-state index is 0.0357. The molecule has 0 bridgehead atoms. The summed E-state index contributed by atoms with van der Waals surface area (Å²) in [4.78, 5) is 11.4. The van der Waals surface area contributed by atoms with E-state index in [2.05, 4.69) is 88.4 Å². The zero-order valence-electron chi connectivity index (χ0n) is 17.9. The molecular weight excluding hydrogens is 360 g/mol. The smallest absolute Gasteiger partial charge is 0.261 e. The van der Waals surface area contributed by atoms with E-state index in [9.17, 15) is 4.79 Å². The molecule has 0 aliphatic carbocycles. The van der Waals surface area contributed by atoms with Crippen molar-refractivity contribution in [3.05, 3.63) is 72.8 Å². The Balaban J connectivity index is 2.57. The molecule has 2 nitrogen and oxygen atoms in total. The van der Waals surface area contributed by atoms with Crippen molar-refractivity contribution in [1.29, 1.82) is 0 Å². The maximum absolute atomic E-state index is 11.4. The highest BCUT2D eigenvalue weighted by Gasteiger charge is 2.51. The Labute approximate surface area is 171 Å². The molecule has 0 N–H and O–H groups in total. The van der Waals surface area contributed by atoms with Gasteiger partial charge in [-0.3, -0.25) is 4.79 Å². The summed E-state index contributed by atoms with van der Waals surface area (Å²) in [6.45, 7) is 10.7. The molecule has 2 aromatic carbocycles. The quantitative estimate of drug-likeness (QED) is 0.428. The van der Waals surface area contributed by atoms with Gasteiger partial charge in [0.05, 0.1) is 0 Å². The number of rotatable bonds is 9. The second-order valence-corrected chi connectivity index (χ2v) is 12.7. The summed E-state index contributed by atoms with van der Waals surface area (Å²) < 4.78 is 7.17. The molecule has 0 amide bonds. The van der Waals surface area contributed by atoms with Gasteiger partial charge in [-0.15, -0.1) is 0 Å². The fourth-order valence-corrected chi connectivity index (χ4v) is 8.60. The molecule has 150 valence electrons. The van der Waals surface area contributed by atoms with Gasteiger partial charge in [-0.2, -0.15) is 0 Å². The molecule has 0 saturated heterocycles. The molecular formula is C25H34O2Si. The number of carbonyl (C=O) groups is 1. The van der Waals surface area contributed by atoms with Crippen molar-refractivity contribution < 1.29 is 9.22 Å². The second-order valence-electron chi connectivity index (χ2n) is 8.44. The van der Waals surface area contributed by atoms with Crippen LogP contribution in [0.4, 0.5) is 0 Å². The second kappa shape index (κ2) is 9.99. The molecule has 0 aliphatic rings. The van der Waals surface area contributed by atoms with Gasteiger partial charge < -0.3 is 4.43 Å². The molecule has 0 saturated carbocycles. The highest BCUT2D eigenvalue weighted by Crippen LogP contribution is 2.38. The first kappa shape index (κ1) is 22.3. The first-order valence-corrected chi connectivity index (χ1v) is 12.2. The number of hydrogen-bond donors (Lipinski definition) is 0. The molecule has 2 aromatic rings. The topological polar surface area (TPSA) is 26.3 Å². The van der Waals surface area contributed by atoms with Crippen molar-refractivity contribution in [2.24, 2.45) is 0 Å². The first-order chi connectivity index (χ1) is 13.3. The predicted molar refractivity (Wildman–Crippen MR) is 122 cm³/mol. The summed E-state index contributed by atoms with van der Waals surface area (Å²) >= 11 is 0. The number of allylic oxidation sites excluding steroid dienone is 1. The Morgan fingerprint density at radius 1 is 1.00 bits per heavy atom. The zero-order chi connectivity index (χ0) is 20.6. The third-order valence-electron chi connectivity index (χ3n) is 5.12. The summed E-state index contributed by atoms with van der Waals surface area (Å²) in [7, 11) is -2.55. The monoisotopic (exact) mass is 394 g/mol. The van der Waals surface area contributed by atoms with Crippen LogP contribution in [-0.2, 0) is 9.22 Å². The molecule has 28 heavy (non-hydrogen) atoms. The van der Waals surface area contributed by atoms with Gasteiger partial charge in [0.1, 0.15) is 0 Å². The lowest BCUT2D eigenvalue weighted by atomic mass is 10.1. The Morgan fingerprint density at radius 3 is 1.89 bits per heavy atom. The maximum atomic E-state index is 11.4. The Morgan fingerprint density at radius 2 is 1.50 bits per heavy atom. The van der Waals surface area contributed by atoms with Crippen molar-refractivity contribution in [3.8, 4) is 0 Å². The van der Waals surface area contributed by atoms with E-state index in [1.807, 2.05) is 6.08 Å². The van der Waals surface area contributed by atoms with E-state index in [1.165, 1.54) is 10.4 Å². The molecule has 3 heteroatoms. The normalized spacial score (nSPS) is 13.6. The van der Waals surface area contributed by atoms with E-state index in [-0.39, 0.29) is 16.9 Å². The lowest BCUT2D eigenvalue weighted by molar-refractivity contribution is -0.112. The summed E-state index contributed by atoms with van der Waals surface area (Å²) in [5, 5.41) is 2.56. The number of hydrogen-bond acceptors (Lipinski definition) is 2. The number of benzene rings is 2. The van der Waals surface area contributed by atoms with Gasteiger partial charge in [0, 0.05) is 6.10 Å². The summed E-state index contributed by atoms with van der Waals surface area (Å²) in [5.74, 6) is 0.0840. The number of carbonyl (C=O) groups excluding carboxylic acids is 1. The number of ketones is 1. The van der Waals surface area contributed by atoms with Crippen LogP contribution < -0.4 is 10.4 Å². The highest BCUT2D eigenvalue weighted by atomic mass is 28.4. The minimum Gasteiger partial charge on any atom is -0.404 e. The van der Waals surface area contributed by atoms with Gasteiger partial charge in [0.15, 0.2) is 5.78 Å². The average Bonchev–Trinajstić information content (AvgIpc) is 2.66. The standard InChI is InChI=1S/C25H34O2Si/c1-6-14-22(16-13-15-21(2)26)27-28(25(3,4)5,23-17-9-7-10-18-23)24-19-11-8-12-20-24/h7-13,15,17-20,22H,6,14,16H2,1-5H3/b15-13+/t22-/m1/s1. The molecule has 0 aromatic heterocycles. The van der Waals surface area contributed by atoms with Crippen LogP contribution in [0.25, 0.3) is 0 Å². The van der Waals surface area contributed by atoms with Crippen LogP contribution in [0.3, 0.4) is 0 Å². The SMILES string of the molecule is CCC[C@H](C/C=C/C(C)=O)O[Si](c1ccccc1)(c1ccccc1)C(C)(C)C. The molecule has 0 aliphatic heterocycles. The summed E-state index contributed by atoms with van der Waals surface area (Å²) in [6.07, 6.45) is 6.52. The van der Waals surface area contributed by atoms with Crippen molar-refractivity contribution in [1.82, 2.24) is 0 Å². The van der Waals surface area contributed by atoms with Gasteiger partial charge in [-0.25, -0.2) is 0 Å². The molecule has 0 unspecified atom stereocenters. The molecule has 1 atom stereocenters. The van der Waals surface area contributed by atoms with Crippen molar-refractivity contribution in [2.75, 3.05) is 0 Å². The van der Waals surface area contributed by atoms with Crippen LogP contribution in [0.2, 0.25) is 5.04 Å². The third kappa shape index (κ3) is 5.30. The van der Waals surface area contributed by atoms with E-state index in [1.54, 1.807) is 13.0 Å². The fourth-order valence-electron chi connectivity index (χ4n) is 3.87. The van der Waals surface area contributed by atoms with Gasteiger partial charge in [0.2, 0.25) is 0 Å². The molecule has 0 fully saturated rings. The largest absolute Gasteiger partial charge is 0.404 e. The molecule has 2 rings (SSSR count). The van der Waals surface area contributed by atoms with Gasteiger partial charge in [-0.05, 0) is 41.3 Å². The van der Waals surface area contributed by atoms with Crippen LogP contribution >= 0.6 is 0 Å². The zero-order valence-corrected chi connectivity index (χ0v) is 18.9. The first-order valence-electron chi connectivity index (χ1n) is 10.3. The van der Waals surface area contributed by atoms with Crippen LogP contribution in [-0.4, -0.2) is 20.2 Å². The molecule has 0 spiro atoms. The molecule has 0 heterocycles. The van der Waals surface area contributed by atoms with E-state index < -0.39 is 8.32 Å². The lowest BCUT2D eigenvalue weighted by Crippen LogP contribution is -2.67. The Hall–Kier alpha value is -1.97. The van der Waals surface area contributed by atoms with Crippen LogP contribution in [0.5, 0.6) is 0 Å². The maximum Gasteiger partial charge on any atom is 0.261 e. The van der Waals surface area contributed by atoms with Crippen LogP contribution in [0.1, 0.15) is 53.9 Å². The van der Waals surface area contributed by atoms with E-state index >= 15 is 0 Å². The summed E-state index contributed by atoms with van der Waals surface area (Å²) in [6, 6.07) is 21.5. The summed E-state index contributed by atoms with van der Waals surface area (Å²) in [5.41, 5.74) is 0. The highest BCUT2D eigenvalue weighted by molar-refractivity contribution is 6.99. The van der Waals surface area contributed by atoms with Gasteiger partial charge in [-0.1, -0.05) is 101 Å². The van der Waals surface area contributed by atoms with Crippen molar-refractivity contribution in [2.45, 2.75) is 65.0 Å². The van der Waals surface area contributed by atoms with Crippen LogP contribution in [0, 0.1) is 0 Å². The lowest BCUT2D eigenvalue weighted by Gasteiger charge is -2.45. The van der Waals surface area contributed by atoms with Gasteiger partial charge in [0.25, 0.3) is 8.32 Å². The van der Waals surface area contributed by atoms with Crippen LogP contribution in [0.15, 0.2) is 72.8 Å².